The summed E-state index contributed by atoms with van der Waals surface area (Å²) in [7, 11) is -3.02. The fourth-order valence-corrected chi connectivity index (χ4v) is 5.90. The van der Waals surface area contributed by atoms with Gasteiger partial charge in [0.05, 0.1) is 10.9 Å². The van der Waals surface area contributed by atoms with E-state index in [9.17, 15) is 8.42 Å². The minimum absolute atomic E-state index is 0.0823. The highest BCUT2D eigenvalue weighted by Crippen LogP contribution is 2.39. The number of fused-ring (bicyclic) bond motifs is 1. The lowest BCUT2D eigenvalue weighted by Crippen LogP contribution is -2.41. The van der Waals surface area contributed by atoms with Gasteiger partial charge in [0.15, 0.2) is 0 Å². The van der Waals surface area contributed by atoms with Crippen LogP contribution in [-0.2, 0) is 16.6 Å². The maximum Gasteiger partial charge on any atom is 0.217 e. The van der Waals surface area contributed by atoms with Crippen LogP contribution in [0.25, 0.3) is 0 Å². The maximum absolute atomic E-state index is 12.5. The Hall–Kier alpha value is -0.980. The molecule has 0 bridgehead atoms. The van der Waals surface area contributed by atoms with Crippen molar-refractivity contribution < 1.29 is 8.42 Å². The number of rotatable bonds is 4. The Morgan fingerprint density at radius 2 is 1.90 bits per heavy atom. The van der Waals surface area contributed by atoms with E-state index in [1.807, 2.05) is 28.7 Å². The second-order valence-electron chi connectivity index (χ2n) is 6.36. The molecule has 1 aromatic heterocycles. The lowest BCUT2D eigenvalue weighted by Gasteiger charge is -2.25. The van der Waals surface area contributed by atoms with Crippen LogP contribution >= 0.6 is 0 Å². The minimum atomic E-state index is -3.02. The first kappa shape index (κ1) is 13.7. The molecular formula is C15H21N3O2S. The molecule has 3 fully saturated rings. The average Bonchev–Trinajstić information content (AvgIpc) is 3.15. The first-order valence-electron chi connectivity index (χ1n) is 7.81. The van der Waals surface area contributed by atoms with Crippen molar-refractivity contribution >= 4 is 10.0 Å². The zero-order valence-corrected chi connectivity index (χ0v) is 12.9. The lowest BCUT2D eigenvalue weighted by atomic mass is 10.1. The molecule has 21 heavy (non-hydrogen) atoms. The van der Waals surface area contributed by atoms with Crippen molar-refractivity contribution in [3.63, 3.8) is 0 Å². The van der Waals surface area contributed by atoms with E-state index in [0.717, 1.165) is 44.5 Å². The van der Waals surface area contributed by atoms with Crippen LogP contribution in [0.4, 0.5) is 0 Å². The molecule has 6 heteroatoms. The summed E-state index contributed by atoms with van der Waals surface area (Å²) in [4.78, 5) is 6.80. The molecule has 2 saturated heterocycles. The Kier molecular flexibility index (Phi) is 3.28. The standard InChI is InChI=1S/C15H21N3O2S/c19-21(20,13-4-5-13)18-10-7-14-15(18)6-9-17(14)11-12-3-1-2-8-16-12/h1-3,8,13-15H,4-7,9-11H2/t14-,15+/m0/s1. The van der Waals surface area contributed by atoms with E-state index < -0.39 is 10.0 Å². The van der Waals surface area contributed by atoms with Gasteiger partial charge in [-0.1, -0.05) is 6.07 Å². The van der Waals surface area contributed by atoms with E-state index in [2.05, 4.69) is 9.88 Å². The van der Waals surface area contributed by atoms with Crippen molar-refractivity contribution in [2.24, 2.45) is 0 Å². The van der Waals surface area contributed by atoms with E-state index in [0.29, 0.717) is 12.6 Å². The van der Waals surface area contributed by atoms with Gasteiger partial charge in [-0.15, -0.1) is 0 Å². The van der Waals surface area contributed by atoms with Gasteiger partial charge in [0.1, 0.15) is 0 Å². The van der Waals surface area contributed by atoms with Gasteiger partial charge >= 0.3 is 0 Å². The molecule has 0 amide bonds. The van der Waals surface area contributed by atoms with Crippen LogP contribution in [0.15, 0.2) is 24.4 Å². The third-order valence-electron chi connectivity index (χ3n) is 5.00. The van der Waals surface area contributed by atoms with Crippen molar-refractivity contribution in [2.75, 3.05) is 13.1 Å². The molecular weight excluding hydrogens is 286 g/mol. The number of hydrogen-bond acceptors (Lipinski definition) is 4. The van der Waals surface area contributed by atoms with Gasteiger partial charge in [-0.3, -0.25) is 9.88 Å². The topological polar surface area (TPSA) is 53.5 Å². The highest BCUT2D eigenvalue weighted by Gasteiger charge is 2.50. The number of nitrogens with zero attached hydrogens (tertiary/aromatic N) is 3. The zero-order valence-electron chi connectivity index (χ0n) is 12.1. The van der Waals surface area contributed by atoms with Gasteiger partial charge in [-0.05, 0) is 37.8 Å². The van der Waals surface area contributed by atoms with Crippen LogP contribution in [0.1, 0.15) is 31.4 Å². The fraction of sp³-hybridized carbons (Fsp3) is 0.667. The molecule has 3 aliphatic rings. The Bertz CT molecular complexity index is 615. The van der Waals surface area contributed by atoms with Crippen LogP contribution in [0.5, 0.6) is 0 Å². The van der Waals surface area contributed by atoms with Crippen molar-refractivity contribution in [1.82, 2.24) is 14.2 Å². The smallest absolute Gasteiger partial charge is 0.217 e. The van der Waals surface area contributed by atoms with Crippen LogP contribution in [0.2, 0.25) is 0 Å². The van der Waals surface area contributed by atoms with Gasteiger partial charge < -0.3 is 0 Å². The van der Waals surface area contributed by atoms with Crippen LogP contribution in [-0.4, -0.2) is 53.0 Å². The molecule has 0 aromatic carbocycles. The van der Waals surface area contributed by atoms with E-state index >= 15 is 0 Å². The Morgan fingerprint density at radius 1 is 1.10 bits per heavy atom. The molecule has 2 aliphatic heterocycles. The average molecular weight is 307 g/mol. The summed E-state index contributed by atoms with van der Waals surface area (Å²) in [6.45, 7) is 2.51. The predicted octanol–water partition coefficient (Wildman–Crippen LogP) is 1.22. The Labute approximate surface area is 126 Å². The highest BCUT2D eigenvalue weighted by molar-refractivity contribution is 7.90. The summed E-state index contributed by atoms with van der Waals surface area (Å²) >= 11 is 0. The van der Waals surface area contributed by atoms with E-state index in [4.69, 9.17) is 0 Å². The highest BCUT2D eigenvalue weighted by atomic mass is 32.2. The number of aromatic nitrogens is 1. The largest absolute Gasteiger partial charge is 0.293 e. The van der Waals surface area contributed by atoms with E-state index in [1.54, 1.807) is 0 Å². The van der Waals surface area contributed by atoms with Crippen molar-refractivity contribution in [1.29, 1.82) is 0 Å². The van der Waals surface area contributed by atoms with Gasteiger partial charge in [0, 0.05) is 37.9 Å². The minimum Gasteiger partial charge on any atom is -0.293 e. The summed E-state index contributed by atoms with van der Waals surface area (Å²) in [6.07, 6.45) is 5.45. The molecule has 114 valence electrons. The number of pyridine rings is 1. The quantitative estimate of drug-likeness (QED) is 0.839. The Balaban J connectivity index is 1.48. The number of likely N-dealkylation sites (tertiary alicyclic amines) is 1. The third kappa shape index (κ3) is 2.39. The molecule has 0 unspecified atom stereocenters. The maximum atomic E-state index is 12.5. The molecule has 2 atom stereocenters. The molecule has 4 rings (SSSR count). The van der Waals surface area contributed by atoms with Crippen molar-refractivity contribution in [3.8, 4) is 0 Å². The summed E-state index contributed by atoms with van der Waals surface area (Å²) in [6, 6.07) is 6.55. The molecule has 5 nitrogen and oxygen atoms in total. The van der Waals surface area contributed by atoms with E-state index in [1.165, 1.54) is 0 Å². The normalized spacial score (nSPS) is 30.7. The summed E-state index contributed by atoms with van der Waals surface area (Å²) in [5.41, 5.74) is 1.07. The summed E-state index contributed by atoms with van der Waals surface area (Å²) in [5, 5.41) is -0.0823. The third-order valence-corrected chi connectivity index (χ3v) is 7.43. The van der Waals surface area contributed by atoms with Crippen LogP contribution in [0, 0.1) is 0 Å². The fourth-order valence-electron chi connectivity index (χ4n) is 3.81. The van der Waals surface area contributed by atoms with Gasteiger partial charge in [-0.2, -0.15) is 4.31 Å². The second-order valence-corrected chi connectivity index (χ2v) is 8.52. The molecule has 0 spiro atoms. The van der Waals surface area contributed by atoms with Crippen LogP contribution < -0.4 is 0 Å². The zero-order chi connectivity index (χ0) is 14.4. The molecule has 0 N–H and O–H groups in total. The van der Waals surface area contributed by atoms with Crippen molar-refractivity contribution in [2.45, 2.75) is 49.6 Å². The monoisotopic (exact) mass is 307 g/mol. The van der Waals surface area contributed by atoms with Gasteiger partial charge in [-0.25, -0.2) is 8.42 Å². The van der Waals surface area contributed by atoms with Gasteiger partial charge in [0.25, 0.3) is 0 Å². The second kappa shape index (κ2) is 5.04. The Morgan fingerprint density at radius 3 is 2.62 bits per heavy atom. The van der Waals surface area contributed by atoms with E-state index in [-0.39, 0.29) is 11.3 Å². The molecule has 1 aromatic rings. The first-order valence-corrected chi connectivity index (χ1v) is 9.31. The summed E-state index contributed by atoms with van der Waals surface area (Å²) in [5.74, 6) is 0. The molecule has 1 aliphatic carbocycles. The van der Waals surface area contributed by atoms with Gasteiger partial charge in [0.2, 0.25) is 10.0 Å². The first-order chi connectivity index (χ1) is 10.2. The lowest BCUT2D eigenvalue weighted by molar-refractivity contribution is 0.237. The number of hydrogen-bond donors (Lipinski definition) is 0. The number of sulfonamides is 1. The molecule has 0 radical (unpaired) electrons. The SMILES string of the molecule is O=S(=O)(C1CC1)N1CC[C@H]2[C@H]1CCN2Cc1ccccn1. The molecule has 1 saturated carbocycles. The van der Waals surface area contributed by atoms with Crippen LogP contribution in [0.3, 0.4) is 0 Å². The predicted molar refractivity (Wildman–Crippen MR) is 80.1 cm³/mol. The van der Waals surface area contributed by atoms with Crippen molar-refractivity contribution in [3.05, 3.63) is 30.1 Å². The summed E-state index contributed by atoms with van der Waals surface area (Å²) < 4.78 is 26.8. The molecule has 3 heterocycles.